The van der Waals surface area contributed by atoms with E-state index in [1.54, 1.807) is 17.0 Å². The molecule has 0 radical (unpaired) electrons. The number of halogens is 1. The molecule has 0 heterocycles. The summed E-state index contributed by atoms with van der Waals surface area (Å²) in [5.41, 5.74) is 1.75. The summed E-state index contributed by atoms with van der Waals surface area (Å²) in [5.74, 6) is -0.569. The molecule has 0 aliphatic heterocycles. The average Bonchev–Trinajstić information content (AvgIpc) is 2.59. The Labute approximate surface area is 145 Å². The molecule has 6 heteroatoms. The summed E-state index contributed by atoms with van der Waals surface area (Å²) in [4.78, 5) is 12.6. The molecule has 0 unspecified atom stereocenters. The third kappa shape index (κ3) is 6.61. The standard InChI is InChI=1S/C19H19FN2O3/c20-17-7-5-15(6-8-17)14-25-18-4-1-3-16(11-18)12-22(10-2-9-21)13-19(23)24/h1,3-8,11H,2,10,12-14H2,(H,23,24). The quantitative estimate of drug-likeness (QED) is 0.757. The largest absolute Gasteiger partial charge is 0.489 e. The van der Waals surface area contributed by atoms with Crippen molar-refractivity contribution < 1.29 is 19.0 Å². The van der Waals surface area contributed by atoms with Crippen molar-refractivity contribution in [3.8, 4) is 11.8 Å². The summed E-state index contributed by atoms with van der Waals surface area (Å²) in [6.45, 7) is 1.00. The van der Waals surface area contributed by atoms with Crippen LogP contribution < -0.4 is 4.74 Å². The molecule has 1 N–H and O–H groups in total. The molecule has 0 saturated carbocycles. The third-order valence-corrected chi connectivity index (χ3v) is 3.52. The zero-order valence-corrected chi connectivity index (χ0v) is 13.7. The molecule has 2 rings (SSSR count). The number of ether oxygens (including phenoxy) is 1. The molecule has 2 aromatic rings. The molecule has 0 amide bonds. The van der Waals surface area contributed by atoms with Crippen molar-refractivity contribution >= 4 is 5.97 Å². The van der Waals surface area contributed by atoms with Gasteiger partial charge in [0, 0.05) is 19.5 Å². The van der Waals surface area contributed by atoms with E-state index in [-0.39, 0.29) is 18.8 Å². The first-order valence-electron chi connectivity index (χ1n) is 7.84. The minimum absolute atomic E-state index is 0.123. The van der Waals surface area contributed by atoms with Gasteiger partial charge in [-0.25, -0.2) is 4.39 Å². The van der Waals surface area contributed by atoms with Crippen LogP contribution in [0.4, 0.5) is 4.39 Å². The molecular weight excluding hydrogens is 323 g/mol. The summed E-state index contributed by atoms with van der Waals surface area (Å²) in [7, 11) is 0. The van der Waals surface area contributed by atoms with Crippen LogP contribution in [0.2, 0.25) is 0 Å². The third-order valence-electron chi connectivity index (χ3n) is 3.52. The maximum absolute atomic E-state index is 12.9. The fourth-order valence-electron chi connectivity index (χ4n) is 2.35. The number of benzene rings is 2. The van der Waals surface area contributed by atoms with E-state index in [9.17, 15) is 9.18 Å². The van der Waals surface area contributed by atoms with E-state index in [0.717, 1.165) is 11.1 Å². The lowest BCUT2D eigenvalue weighted by Gasteiger charge is -2.19. The minimum atomic E-state index is -0.929. The molecular formula is C19H19FN2O3. The van der Waals surface area contributed by atoms with Gasteiger partial charge in [-0.15, -0.1) is 0 Å². The summed E-state index contributed by atoms with van der Waals surface area (Å²) in [6, 6.07) is 15.5. The number of rotatable bonds is 9. The molecule has 25 heavy (non-hydrogen) atoms. The molecule has 0 bridgehead atoms. The second-order valence-corrected chi connectivity index (χ2v) is 5.58. The molecule has 5 nitrogen and oxygen atoms in total. The van der Waals surface area contributed by atoms with E-state index in [2.05, 4.69) is 0 Å². The van der Waals surface area contributed by atoms with Gasteiger partial charge in [-0.05, 0) is 35.4 Å². The van der Waals surface area contributed by atoms with E-state index in [1.165, 1.54) is 12.1 Å². The Morgan fingerprint density at radius 3 is 2.64 bits per heavy atom. The van der Waals surface area contributed by atoms with E-state index in [0.29, 0.717) is 25.4 Å². The first kappa shape index (κ1) is 18.4. The molecule has 0 saturated heterocycles. The van der Waals surface area contributed by atoms with Crippen molar-refractivity contribution in [1.82, 2.24) is 4.90 Å². The fraction of sp³-hybridized carbons (Fsp3) is 0.263. The number of carboxylic acids is 1. The van der Waals surface area contributed by atoms with Gasteiger partial charge in [-0.3, -0.25) is 9.69 Å². The summed E-state index contributed by atoms with van der Waals surface area (Å²) in [6.07, 6.45) is 0.272. The normalized spacial score (nSPS) is 10.4. The second-order valence-electron chi connectivity index (χ2n) is 5.58. The number of hydrogen-bond acceptors (Lipinski definition) is 4. The van der Waals surface area contributed by atoms with Crippen LogP contribution >= 0.6 is 0 Å². The predicted molar refractivity (Wildman–Crippen MR) is 90.3 cm³/mol. The summed E-state index contributed by atoms with van der Waals surface area (Å²) < 4.78 is 18.6. The number of hydrogen-bond donors (Lipinski definition) is 1. The Bertz CT molecular complexity index is 741. The monoisotopic (exact) mass is 342 g/mol. The number of carbonyl (C=O) groups is 1. The molecule has 0 atom stereocenters. The van der Waals surface area contributed by atoms with Crippen LogP contribution in [0.1, 0.15) is 17.5 Å². The number of nitriles is 1. The average molecular weight is 342 g/mol. The van der Waals surface area contributed by atoms with Crippen LogP contribution in [0, 0.1) is 17.1 Å². The molecule has 0 aliphatic rings. The predicted octanol–water partition coefficient (Wildman–Crippen LogP) is 3.20. The molecule has 0 aliphatic carbocycles. The highest BCUT2D eigenvalue weighted by Gasteiger charge is 2.10. The van der Waals surface area contributed by atoms with Gasteiger partial charge in [0.05, 0.1) is 12.6 Å². The smallest absolute Gasteiger partial charge is 0.317 e. The lowest BCUT2D eigenvalue weighted by atomic mass is 10.2. The molecule has 0 aromatic heterocycles. The maximum atomic E-state index is 12.9. The van der Waals surface area contributed by atoms with Crippen LogP contribution in [0.3, 0.4) is 0 Å². The Balaban J connectivity index is 1.97. The minimum Gasteiger partial charge on any atom is -0.489 e. The zero-order valence-electron chi connectivity index (χ0n) is 13.7. The Kier molecular flexibility index (Phi) is 6.93. The summed E-state index contributed by atoms with van der Waals surface area (Å²) in [5, 5.41) is 17.7. The fourth-order valence-corrected chi connectivity index (χ4v) is 2.35. The van der Waals surface area contributed by atoms with Crippen molar-refractivity contribution in [2.24, 2.45) is 0 Å². The maximum Gasteiger partial charge on any atom is 0.317 e. The lowest BCUT2D eigenvalue weighted by molar-refractivity contribution is -0.138. The van der Waals surface area contributed by atoms with Gasteiger partial charge in [0.15, 0.2) is 0 Å². The van der Waals surface area contributed by atoms with Gasteiger partial charge in [0.25, 0.3) is 0 Å². The van der Waals surface area contributed by atoms with E-state index >= 15 is 0 Å². The van der Waals surface area contributed by atoms with Crippen molar-refractivity contribution in [3.63, 3.8) is 0 Å². The Morgan fingerprint density at radius 2 is 1.96 bits per heavy atom. The topological polar surface area (TPSA) is 73.6 Å². The van der Waals surface area contributed by atoms with Crippen LogP contribution in [0.25, 0.3) is 0 Å². The number of nitrogens with zero attached hydrogens (tertiary/aromatic N) is 2. The second kappa shape index (κ2) is 9.40. The Hall–Kier alpha value is -2.91. The van der Waals surface area contributed by atoms with Crippen molar-refractivity contribution in [1.29, 1.82) is 5.26 Å². The van der Waals surface area contributed by atoms with Crippen molar-refractivity contribution in [3.05, 3.63) is 65.5 Å². The van der Waals surface area contributed by atoms with E-state index in [1.807, 2.05) is 30.3 Å². The van der Waals surface area contributed by atoms with Gasteiger partial charge in [0.2, 0.25) is 0 Å². The first-order chi connectivity index (χ1) is 12.1. The zero-order chi connectivity index (χ0) is 18.1. The van der Waals surface area contributed by atoms with Gasteiger partial charge in [0.1, 0.15) is 18.2 Å². The summed E-state index contributed by atoms with van der Waals surface area (Å²) >= 11 is 0. The number of carboxylic acid groups (broad SMARTS) is 1. The number of aliphatic carboxylic acids is 1. The van der Waals surface area contributed by atoms with Gasteiger partial charge in [-0.1, -0.05) is 24.3 Å². The highest BCUT2D eigenvalue weighted by Crippen LogP contribution is 2.17. The van der Waals surface area contributed by atoms with Crippen molar-refractivity contribution in [2.45, 2.75) is 19.6 Å². The Morgan fingerprint density at radius 1 is 1.20 bits per heavy atom. The van der Waals surface area contributed by atoms with E-state index in [4.69, 9.17) is 15.1 Å². The molecule has 0 fully saturated rings. The molecule has 130 valence electrons. The van der Waals surface area contributed by atoms with Crippen LogP contribution in [0.5, 0.6) is 5.75 Å². The SMILES string of the molecule is N#CCCN(CC(=O)O)Cc1cccc(OCc2ccc(F)cc2)c1. The lowest BCUT2D eigenvalue weighted by Crippen LogP contribution is -2.30. The highest BCUT2D eigenvalue weighted by atomic mass is 19.1. The van der Waals surface area contributed by atoms with Crippen LogP contribution in [-0.4, -0.2) is 29.1 Å². The van der Waals surface area contributed by atoms with Crippen LogP contribution in [-0.2, 0) is 17.9 Å². The van der Waals surface area contributed by atoms with Gasteiger partial charge < -0.3 is 9.84 Å². The van der Waals surface area contributed by atoms with Crippen LogP contribution in [0.15, 0.2) is 48.5 Å². The van der Waals surface area contributed by atoms with Crippen molar-refractivity contribution in [2.75, 3.05) is 13.1 Å². The first-order valence-corrected chi connectivity index (χ1v) is 7.84. The van der Waals surface area contributed by atoms with Gasteiger partial charge in [-0.2, -0.15) is 5.26 Å². The molecule has 0 spiro atoms. The van der Waals surface area contributed by atoms with Gasteiger partial charge >= 0.3 is 5.97 Å². The van der Waals surface area contributed by atoms with E-state index < -0.39 is 5.97 Å². The molecule has 2 aromatic carbocycles. The highest BCUT2D eigenvalue weighted by molar-refractivity contribution is 5.69.